The molecular formula is C14H17FN2O4. The lowest BCUT2D eigenvalue weighted by molar-refractivity contribution is -0.138. The molecule has 1 rings (SSSR count). The van der Waals surface area contributed by atoms with E-state index in [1.165, 1.54) is 23.1 Å². The van der Waals surface area contributed by atoms with Crippen molar-refractivity contribution < 1.29 is 23.9 Å². The van der Waals surface area contributed by atoms with Gasteiger partial charge in [0.05, 0.1) is 18.5 Å². The van der Waals surface area contributed by atoms with Crippen LogP contribution in [-0.2, 0) is 9.59 Å². The van der Waals surface area contributed by atoms with Crippen molar-refractivity contribution in [3.8, 4) is 0 Å². The molecule has 0 aliphatic rings. The van der Waals surface area contributed by atoms with Crippen LogP contribution in [0.3, 0.4) is 0 Å². The van der Waals surface area contributed by atoms with Gasteiger partial charge in [-0.2, -0.15) is 0 Å². The van der Waals surface area contributed by atoms with E-state index in [4.69, 9.17) is 5.11 Å². The molecule has 0 fully saturated rings. The molecule has 0 radical (unpaired) electrons. The molecule has 6 nitrogen and oxygen atoms in total. The minimum absolute atomic E-state index is 0.0697. The molecule has 0 aliphatic heterocycles. The van der Waals surface area contributed by atoms with E-state index in [1.54, 1.807) is 6.92 Å². The molecule has 0 spiro atoms. The Kier molecular flexibility index (Phi) is 6.32. The normalized spacial score (nSPS) is 10.0. The van der Waals surface area contributed by atoms with Gasteiger partial charge in [-0.25, -0.2) is 4.39 Å². The first-order valence-electron chi connectivity index (χ1n) is 6.48. The molecule has 0 atom stereocenters. The van der Waals surface area contributed by atoms with Crippen molar-refractivity contribution in [2.24, 2.45) is 0 Å². The lowest BCUT2D eigenvalue weighted by atomic mass is 10.2. The first kappa shape index (κ1) is 16.6. The number of hydrogen-bond acceptors (Lipinski definition) is 3. The smallest absolute Gasteiger partial charge is 0.305 e. The number of carboxylic acid groups (broad SMARTS) is 1. The first-order chi connectivity index (χ1) is 9.95. The third-order valence-electron chi connectivity index (χ3n) is 2.85. The van der Waals surface area contributed by atoms with Crippen molar-refractivity contribution in [2.45, 2.75) is 13.3 Å². The van der Waals surface area contributed by atoms with E-state index in [0.29, 0.717) is 6.54 Å². The fourth-order valence-electron chi connectivity index (χ4n) is 1.70. The van der Waals surface area contributed by atoms with E-state index in [0.717, 1.165) is 6.07 Å². The van der Waals surface area contributed by atoms with Crippen LogP contribution in [0.25, 0.3) is 0 Å². The van der Waals surface area contributed by atoms with Crippen LogP contribution >= 0.6 is 0 Å². The molecule has 0 saturated heterocycles. The summed E-state index contributed by atoms with van der Waals surface area (Å²) in [5, 5.41) is 10.9. The van der Waals surface area contributed by atoms with E-state index in [-0.39, 0.29) is 25.1 Å². The number of nitrogens with one attached hydrogen (secondary N) is 1. The summed E-state index contributed by atoms with van der Waals surface area (Å²) in [6.07, 6.45) is -0.166. The highest BCUT2D eigenvalue weighted by Gasteiger charge is 2.16. The monoisotopic (exact) mass is 296 g/mol. The molecule has 2 amide bonds. The summed E-state index contributed by atoms with van der Waals surface area (Å²) in [5.41, 5.74) is -0.140. The number of carbonyl (C=O) groups is 3. The largest absolute Gasteiger partial charge is 0.481 e. The number of halogens is 1. The summed E-state index contributed by atoms with van der Waals surface area (Å²) in [4.78, 5) is 35.4. The molecular weight excluding hydrogens is 279 g/mol. The second-order valence-electron chi connectivity index (χ2n) is 4.28. The van der Waals surface area contributed by atoms with Crippen molar-refractivity contribution >= 4 is 17.8 Å². The highest BCUT2D eigenvalue weighted by atomic mass is 19.1. The molecule has 7 heteroatoms. The van der Waals surface area contributed by atoms with E-state index in [1.807, 2.05) is 0 Å². The van der Waals surface area contributed by atoms with Crippen molar-refractivity contribution in [3.63, 3.8) is 0 Å². The van der Waals surface area contributed by atoms with Crippen LogP contribution in [0, 0.1) is 5.82 Å². The number of benzene rings is 1. The average Bonchev–Trinajstić information content (AvgIpc) is 2.45. The van der Waals surface area contributed by atoms with Gasteiger partial charge < -0.3 is 15.3 Å². The average molecular weight is 296 g/mol. The van der Waals surface area contributed by atoms with E-state index >= 15 is 0 Å². The zero-order valence-electron chi connectivity index (χ0n) is 11.6. The molecule has 2 N–H and O–H groups in total. The fraction of sp³-hybridized carbons (Fsp3) is 0.357. The minimum atomic E-state index is -1.00. The molecule has 1 aromatic rings. The second-order valence-corrected chi connectivity index (χ2v) is 4.28. The number of hydrogen-bond donors (Lipinski definition) is 2. The Morgan fingerprint density at radius 1 is 1.29 bits per heavy atom. The number of likely N-dealkylation sites (N-methyl/N-ethyl adjacent to an activating group) is 1. The Labute approximate surface area is 121 Å². The number of rotatable bonds is 7. The number of amides is 2. The molecule has 114 valence electrons. The number of nitrogens with zero attached hydrogens (tertiary/aromatic N) is 1. The molecule has 0 heterocycles. The SMILES string of the molecule is CCN(CCC(=O)O)C(=O)CNC(=O)c1ccccc1F. The fourth-order valence-corrected chi connectivity index (χ4v) is 1.70. The topological polar surface area (TPSA) is 86.7 Å². The first-order valence-corrected chi connectivity index (χ1v) is 6.48. The molecule has 0 saturated carbocycles. The number of carboxylic acids is 1. The third kappa shape index (κ3) is 5.21. The standard InChI is InChI=1S/C14H17FN2O4/c1-2-17(8-7-13(19)20)12(18)9-16-14(21)10-5-3-4-6-11(10)15/h3-6H,2,7-9H2,1H3,(H,16,21)(H,19,20). The maximum Gasteiger partial charge on any atom is 0.305 e. The summed E-state index contributed by atoms with van der Waals surface area (Å²) >= 11 is 0. The van der Waals surface area contributed by atoms with Crippen LogP contribution in [0.15, 0.2) is 24.3 Å². The van der Waals surface area contributed by atoms with E-state index in [2.05, 4.69) is 5.32 Å². The Hall–Kier alpha value is -2.44. The Balaban J connectivity index is 2.53. The van der Waals surface area contributed by atoms with Crippen LogP contribution in [-0.4, -0.2) is 47.4 Å². The van der Waals surface area contributed by atoms with Crippen LogP contribution in [0.2, 0.25) is 0 Å². The summed E-state index contributed by atoms with van der Waals surface area (Å²) in [5.74, 6) is -2.77. The van der Waals surface area contributed by atoms with Crippen molar-refractivity contribution in [1.82, 2.24) is 10.2 Å². The van der Waals surface area contributed by atoms with Crippen LogP contribution in [0.4, 0.5) is 4.39 Å². The predicted molar refractivity (Wildman–Crippen MR) is 73.2 cm³/mol. The van der Waals surface area contributed by atoms with Gasteiger partial charge >= 0.3 is 5.97 Å². The van der Waals surface area contributed by atoms with Gasteiger partial charge in [-0.05, 0) is 19.1 Å². The Morgan fingerprint density at radius 3 is 2.52 bits per heavy atom. The molecule has 0 bridgehead atoms. The maximum absolute atomic E-state index is 13.4. The van der Waals surface area contributed by atoms with Gasteiger partial charge in [-0.3, -0.25) is 14.4 Å². The third-order valence-corrected chi connectivity index (χ3v) is 2.85. The highest BCUT2D eigenvalue weighted by Crippen LogP contribution is 2.05. The van der Waals surface area contributed by atoms with Crippen LogP contribution in [0.1, 0.15) is 23.7 Å². The predicted octanol–water partition coefficient (Wildman–Crippen LogP) is 0.879. The maximum atomic E-state index is 13.4. The van der Waals surface area contributed by atoms with Crippen molar-refractivity contribution in [2.75, 3.05) is 19.6 Å². The molecule has 0 aliphatic carbocycles. The summed E-state index contributed by atoms with van der Waals surface area (Å²) in [6, 6.07) is 5.45. The second kappa shape index (κ2) is 7.98. The quantitative estimate of drug-likeness (QED) is 0.782. The van der Waals surface area contributed by atoms with Crippen LogP contribution in [0.5, 0.6) is 0 Å². The summed E-state index contributed by atoms with van der Waals surface area (Å²) in [7, 11) is 0. The summed E-state index contributed by atoms with van der Waals surface area (Å²) in [6.45, 7) is 1.81. The number of aliphatic carboxylic acids is 1. The Morgan fingerprint density at radius 2 is 1.95 bits per heavy atom. The van der Waals surface area contributed by atoms with Crippen LogP contribution < -0.4 is 5.32 Å². The van der Waals surface area contributed by atoms with Gasteiger partial charge in [-0.15, -0.1) is 0 Å². The Bertz CT molecular complexity index is 533. The van der Waals surface area contributed by atoms with Crippen molar-refractivity contribution in [1.29, 1.82) is 0 Å². The molecule has 0 aromatic heterocycles. The molecule has 0 unspecified atom stereocenters. The number of carbonyl (C=O) groups excluding carboxylic acids is 2. The zero-order valence-corrected chi connectivity index (χ0v) is 11.6. The zero-order chi connectivity index (χ0) is 15.8. The van der Waals surface area contributed by atoms with Gasteiger partial charge in [-0.1, -0.05) is 12.1 Å². The van der Waals surface area contributed by atoms with Gasteiger partial charge in [0.25, 0.3) is 5.91 Å². The lowest BCUT2D eigenvalue weighted by Gasteiger charge is -2.20. The molecule has 21 heavy (non-hydrogen) atoms. The minimum Gasteiger partial charge on any atom is -0.481 e. The van der Waals surface area contributed by atoms with E-state index in [9.17, 15) is 18.8 Å². The molecule has 1 aromatic carbocycles. The van der Waals surface area contributed by atoms with E-state index < -0.39 is 23.6 Å². The lowest BCUT2D eigenvalue weighted by Crippen LogP contribution is -2.41. The highest BCUT2D eigenvalue weighted by molar-refractivity contribution is 5.96. The van der Waals surface area contributed by atoms with Gasteiger partial charge in [0.2, 0.25) is 5.91 Å². The summed E-state index contributed by atoms with van der Waals surface area (Å²) < 4.78 is 13.4. The van der Waals surface area contributed by atoms with Crippen molar-refractivity contribution in [3.05, 3.63) is 35.6 Å². The van der Waals surface area contributed by atoms with Gasteiger partial charge in [0, 0.05) is 13.1 Å². The van der Waals surface area contributed by atoms with Gasteiger partial charge in [0.15, 0.2) is 0 Å². The van der Waals surface area contributed by atoms with Gasteiger partial charge in [0.1, 0.15) is 5.82 Å².